The van der Waals surface area contributed by atoms with Gasteiger partial charge in [-0.1, -0.05) is 30.3 Å². The second kappa shape index (κ2) is 8.27. The number of ketones is 1. The molecule has 3 aromatic rings. The number of rotatable bonds is 6. The molecule has 2 aromatic carbocycles. The number of nitrogens with one attached hydrogen (secondary N) is 1. The first kappa shape index (κ1) is 18.3. The lowest BCUT2D eigenvalue weighted by atomic mass is 10.0. The van der Waals surface area contributed by atoms with Gasteiger partial charge >= 0.3 is 0 Å². The average Bonchev–Trinajstić information content (AvgIpc) is 2.69. The monoisotopic (exact) mass is 360 g/mol. The highest BCUT2D eigenvalue weighted by Crippen LogP contribution is 2.19. The number of phenols is 1. The standard InChI is InChI=1S/C22H20N2O3/c1-15(25)17-3-2-4-18(13-17)21-14-19(10-12-23-21)22(27)24-11-9-16-5-7-20(26)8-6-16/h2-8,10,12-14,26H,9,11H2,1H3,(H,24,27). The van der Waals surface area contributed by atoms with Gasteiger partial charge in [0.25, 0.3) is 5.91 Å². The Labute approximate surface area is 157 Å². The number of pyridine rings is 1. The first-order valence-electron chi connectivity index (χ1n) is 8.66. The fraction of sp³-hybridized carbons (Fsp3) is 0.136. The molecule has 0 aliphatic heterocycles. The van der Waals surface area contributed by atoms with Crippen LogP contribution < -0.4 is 5.32 Å². The van der Waals surface area contributed by atoms with Gasteiger partial charge in [-0.05, 0) is 49.2 Å². The van der Waals surface area contributed by atoms with Crippen molar-refractivity contribution in [1.29, 1.82) is 0 Å². The van der Waals surface area contributed by atoms with Crippen molar-refractivity contribution in [3.05, 3.63) is 83.6 Å². The van der Waals surface area contributed by atoms with E-state index >= 15 is 0 Å². The van der Waals surface area contributed by atoms with Crippen molar-refractivity contribution in [3.63, 3.8) is 0 Å². The van der Waals surface area contributed by atoms with Crippen LogP contribution in [0.1, 0.15) is 33.2 Å². The van der Waals surface area contributed by atoms with Crippen molar-refractivity contribution in [2.45, 2.75) is 13.3 Å². The first-order valence-corrected chi connectivity index (χ1v) is 8.66. The number of carbonyl (C=O) groups excluding carboxylic acids is 2. The molecule has 2 N–H and O–H groups in total. The third-order valence-electron chi connectivity index (χ3n) is 4.22. The average molecular weight is 360 g/mol. The normalized spacial score (nSPS) is 10.4. The summed E-state index contributed by atoms with van der Waals surface area (Å²) >= 11 is 0. The topological polar surface area (TPSA) is 79.3 Å². The Morgan fingerprint density at radius 1 is 1.00 bits per heavy atom. The number of aromatic hydroxyl groups is 1. The molecule has 0 spiro atoms. The number of hydrogen-bond donors (Lipinski definition) is 2. The number of benzene rings is 2. The summed E-state index contributed by atoms with van der Waals surface area (Å²) < 4.78 is 0. The Bertz CT molecular complexity index is 965. The maximum absolute atomic E-state index is 12.4. The predicted octanol–water partition coefficient (Wildman–Crippen LogP) is 3.63. The minimum atomic E-state index is -0.180. The van der Waals surface area contributed by atoms with Crippen molar-refractivity contribution in [2.24, 2.45) is 0 Å². The second-order valence-electron chi connectivity index (χ2n) is 6.24. The summed E-state index contributed by atoms with van der Waals surface area (Å²) in [6.45, 7) is 2.01. The quantitative estimate of drug-likeness (QED) is 0.658. The third-order valence-corrected chi connectivity index (χ3v) is 4.22. The minimum Gasteiger partial charge on any atom is -0.508 e. The largest absolute Gasteiger partial charge is 0.508 e. The van der Waals surface area contributed by atoms with Crippen LogP contribution in [0.2, 0.25) is 0 Å². The van der Waals surface area contributed by atoms with Crippen LogP contribution in [-0.4, -0.2) is 28.3 Å². The van der Waals surface area contributed by atoms with Gasteiger partial charge in [-0.3, -0.25) is 14.6 Å². The fourth-order valence-electron chi connectivity index (χ4n) is 2.71. The Morgan fingerprint density at radius 2 is 1.78 bits per heavy atom. The van der Waals surface area contributed by atoms with Gasteiger partial charge in [0.1, 0.15) is 5.75 Å². The van der Waals surface area contributed by atoms with Crippen molar-refractivity contribution in [2.75, 3.05) is 6.54 Å². The zero-order chi connectivity index (χ0) is 19.2. The van der Waals surface area contributed by atoms with E-state index in [1.165, 1.54) is 6.92 Å². The first-order chi connectivity index (χ1) is 13.0. The summed E-state index contributed by atoms with van der Waals surface area (Å²) in [4.78, 5) is 28.3. The second-order valence-corrected chi connectivity index (χ2v) is 6.24. The minimum absolute atomic E-state index is 0.0139. The highest BCUT2D eigenvalue weighted by molar-refractivity contribution is 5.96. The number of phenolic OH excluding ortho intramolecular Hbond substituents is 1. The number of hydrogen-bond acceptors (Lipinski definition) is 4. The summed E-state index contributed by atoms with van der Waals surface area (Å²) in [6, 6.07) is 17.5. The molecule has 3 rings (SSSR count). The molecule has 0 bridgehead atoms. The van der Waals surface area contributed by atoms with E-state index in [0.717, 1.165) is 11.1 Å². The van der Waals surface area contributed by atoms with Gasteiger partial charge in [0.05, 0.1) is 5.69 Å². The third kappa shape index (κ3) is 4.79. The molecule has 5 heteroatoms. The molecule has 1 aromatic heterocycles. The number of nitrogens with zero attached hydrogens (tertiary/aromatic N) is 1. The molecule has 0 saturated carbocycles. The van der Waals surface area contributed by atoms with E-state index in [0.29, 0.717) is 29.8 Å². The van der Waals surface area contributed by atoms with E-state index in [9.17, 15) is 14.7 Å². The molecule has 5 nitrogen and oxygen atoms in total. The lowest BCUT2D eigenvalue weighted by Crippen LogP contribution is -2.25. The van der Waals surface area contributed by atoms with Crippen molar-refractivity contribution in [3.8, 4) is 17.0 Å². The molecule has 0 aliphatic carbocycles. The fourth-order valence-corrected chi connectivity index (χ4v) is 2.71. The molecule has 0 unspecified atom stereocenters. The molecule has 1 amide bonds. The molecular weight excluding hydrogens is 340 g/mol. The van der Waals surface area contributed by atoms with Crippen LogP contribution in [0.5, 0.6) is 5.75 Å². The summed E-state index contributed by atoms with van der Waals surface area (Å²) in [6.07, 6.45) is 2.26. The van der Waals surface area contributed by atoms with Gasteiger partial charge in [-0.25, -0.2) is 0 Å². The Morgan fingerprint density at radius 3 is 2.52 bits per heavy atom. The van der Waals surface area contributed by atoms with E-state index in [-0.39, 0.29) is 17.4 Å². The van der Waals surface area contributed by atoms with Gasteiger partial charge in [-0.15, -0.1) is 0 Å². The SMILES string of the molecule is CC(=O)c1cccc(-c2cc(C(=O)NCCc3ccc(O)cc3)ccn2)c1. The Hall–Kier alpha value is -3.47. The van der Waals surface area contributed by atoms with E-state index in [1.807, 2.05) is 18.2 Å². The van der Waals surface area contributed by atoms with Crippen LogP contribution >= 0.6 is 0 Å². The molecule has 0 radical (unpaired) electrons. The van der Waals surface area contributed by atoms with E-state index in [1.54, 1.807) is 48.7 Å². The molecule has 0 saturated heterocycles. The van der Waals surface area contributed by atoms with Gasteiger partial charge in [0.15, 0.2) is 5.78 Å². The van der Waals surface area contributed by atoms with Crippen LogP contribution in [0, 0.1) is 0 Å². The Kier molecular flexibility index (Phi) is 5.61. The molecule has 27 heavy (non-hydrogen) atoms. The lowest BCUT2D eigenvalue weighted by molar-refractivity contribution is 0.0953. The summed E-state index contributed by atoms with van der Waals surface area (Å²) in [7, 11) is 0. The maximum Gasteiger partial charge on any atom is 0.251 e. The lowest BCUT2D eigenvalue weighted by Gasteiger charge is -2.08. The number of aromatic nitrogens is 1. The number of amides is 1. The van der Waals surface area contributed by atoms with Crippen molar-refractivity contribution >= 4 is 11.7 Å². The number of carbonyl (C=O) groups is 2. The van der Waals surface area contributed by atoms with Crippen LogP contribution in [0.15, 0.2) is 66.9 Å². The van der Waals surface area contributed by atoms with Gasteiger partial charge in [0.2, 0.25) is 0 Å². The highest BCUT2D eigenvalue weighted by Gasteiger charge is 2.09. The number of Topliss-reactive ketones (excluding diaryl/α,β-unsaturated/α-hetero) is 1. The predicted molar refractivity (Wildman–Crippen MR) is 104 cm³/mol. The molecule has 136 valence electrons. The molecule has 0 aliphatic rings. The Balaban J connectivity index is 1.67. The zero-order valence-corrected chi connectivity index (χ0v) is 15.0. The van der Waals surface area contributed by atoms with Crippen molar-refractivity contribution in [1.82, 2.24) is 10.3 Å². The highest BCUT2D eigenvalue weighted by atomic mass is 16.3. The molecule has 0 atom stereocenters. The van der Waals surface area contributed by atoms with Crippen LogP contribution in [0.4, 0.5) is 0 Å². The van der Waals surface area contributed by atoms with Crippen molar-refractivity contribution < 1.29 is 14.7 Å². The van der Waals surface area contributed by atoms with Crippen LogP contribution in [-0.2, 0) is 6.42 Å². The molecule has 0 fully saturated rings. The van der Waals surface area contributed by atoms with E-state index < -0.39 is 0 Å². The summed E-state index contributed by atoms with van der Waals surface area (Å²) in [5.41, 5.74) is 3.59. The zero-order valence-electron chi connectivity index (χ0n) is 15.0. The van der Waals surface area contributed by atoms with Crippen LogP contribution in [0.25, 0.3) is 11.3 Å². The summed E-state index contributed by atoms with van der Waals surface area (Å²) in [5, 5.41) is 12.2. The summed E-state index contributed by atoms with van der Waals surface area (Å²) in [5.74, 6) is 0.0288. The molecular formula is C22H20N2O3. The smallest absolute Gasteiger partial charge is 0.251 e. The molecule has 1 heterocycles. The van der Waals surface area contributed by atoms with Gasteiger partial charge in [-0.2, -0.15) is 0 Å². The van der Waals surface area contributed by atoms with E-state index in [4.69, 9.17) is 0 Å². The van der Waals surface area contributed by atoms with Crippen LogP contribution in [0.3, 0.4) is 0 Å². The maximum atomic E-state index is 12.4. The van der Waals surface area contributed by atoms with Gasteiger partial charge < -0.3 is 10.4 Å². The van der Waals surface area contributed by atoms with Gasteiger partial charge in [0, 0.05) is 29.4 Å². The van der Waals surface area contributed by atoms with E-state index in [2.05, 4.69) is 10.3 Å².